The lowest BCUT2D eigenvalue weighted by Crippen LogP contribution is -2.15. The number of phenolic OH excluding ortho intramolecular Hbond substituents is 1. The summed E-state index contributed by atoms with van der Waals surface area (Å²) in [7, 11) is 0.196. The molecule has 2 aromatic carbocycles. The number of hydrogen-bond acceptors (Lipinski definition) is 4. The Labute approximate surface area is 148 Å². The quantitative estimate of drug-likeness (QED) is 0.762. The Hall–Kier alpha value is -2.31. The molecule has 1 heterocycles. The van der Waals surface area contributed by atoms with E-state index in [-0.39, 0.29) is 10.6 Å². The monoisotopic (exact) mass is 358 g/mol. The average molecular weight is 358 g/mol. The van der Waals surface area contributed by atoms with Crippen molar-refractivity contribution in [2.24, 2.45) is 0 Å². The van der Waals surface area contributed by atoms with Gasteiger partial charge in [0.25, 0.3) is 10.0 Å². The van der Waals surface area contributed by atoms with Crippen LogP contribution in [0.1, 0.15) is 11.1 Å². The predicted molar refractivity (Wildman–Crippen MR) is 99.6 cm³/mol. The molecule has 0 unspecified atom stereocenters. The van der Waals surface area contributed by atoms with Gasteiger partial charge in [-0.2, -0.15) is 0 Å². The number of fused-ring (bicyclic) bond motifs is 1. The second-order valence-electron chi connectivity index (χ2n) is 6.49. The third-order valence-corrected chi connectivity index (χ3v) is 5.95. The lowest BCUT2D eigenvalue weighted by molar-refractivity contribution is 0.414. The van der Waals surface area contributed by atoms with Gasteiger partial charge in [-0.15, -0.1) is 0 Å². The van der Waals surface area contributed by atoms with E-state index in [0.717, 1.165) is 17.7 Å². The molecular formula is C19H22N2O3S. The molecule has 0 spiro atoms. The molecule has 0 bridgehead atoms. The van der Waals surface area contributed by atoms with E-state index in [0.29, 0.717) is 17.3 Å². The van der Waals surface area contributed by atoms with Crippen LogP contribution in [-0.2, 0) is 16.4 Å². The fraction of sp³-hybridized carbons (Fsp3) is 0.263. The van der Waals surface area contributed by atoms with Gasteiger partial charge < -0.3 is 10.0 Å². The van der Waals surface area contributed by atoms with E-state index in [1.54, 1.807) is 48.7 Å². The van der Waals surface area contributed by atoms with E-state index in [4.69, 9.17) is 0 Å². The smallest absolute Gasteiger partial charge is 0.268 e. The zero-order valence-electron chi connectivity index (χ0n) is 14.6. The summed E-state index contributed by atoms with van der Waals surface area (Å²) in [6.07, 6.45) is 2.28. The van der Waals surface area contributed by atoms with Crippen molar-refractivity contribution in [1.82, 2.24) is 8.87 Å². The van der Waals surface area contributed by atoms with Gasteiger partial charge in [0.05, 0.1) is 10.4 Å². The molecular weight excluding hydrogens is 336 g/mol. The Bertz CT molecular complexity index is 1000. The minimum absolute atomic E-state index is 0.101. The summed E-state index contributed by atoms with van der Waals surface area (Å²) in [4.78, 5) is 2.26. The first-order valence-corrected chi connectivity index (χ1v) is 9.53. The molecule has 0 atom stereocenters. The summed E-state index contributed by atoms with van der Waals surface area (Å²) in [5.74, 6) is 0.101. The largest absolute Gasteiger partial charge is 0.507 e. The number of aryl methyl sites for hydroxylation is 1. The van der Waals surface area contributed by atoms with E-state index in [1.165, 1.54) is 3.97 Å². The Morgan fingerprint density at radius 1 is 1.08 bits per heavy atom. The Balaban J connectivity index is 2.19. The average Bonchev–Trinajstić information content (AvgIpc) is 2.94. The van der Waals surface area contributed by atoms with Crippen molar-refractivity contribution in [2.75, 3.05) is 20.6 Å². The Morgan fingerprint density at radius 2 is 1.76 bits per heavy atom. The minimum atomic E-state index is -3.72. The molecule has 1 N–H and O–H groups in total. The highest BCUT2D eigenvalue weighted by Crippen LogP contribution is 2.32. The van der Waals surface area contributed by atoms with Crippen LogP contribution in [0.4, 0.5) is 0 Å². The van der Waals surface area contributed by atoms with Gasteiger partial charge in [-0.1, -0.05) is 23.8 Å². The van der Waals surface area contributed by atoms with Crippen molar-refractivity contribution in [3.63, 3.8) is 0 Å². The van der Waals surface area contributed by atoms with Crippen LogP contribution in [0.25, 0.3) is 10.9 Å². The molecule has 0 saturated carbocycles. The van der Waals surface area contributed by atoms with Crippen LogP contribution in [0.3, 0.4) is 0 Å². The lowest BCUT2D eigenvalue weighted by atomic mass is 10.1. The van der Waals surface area contributed by atoms with E-state index >= 15 is 0 Å². The molecule has 1 aromatic heterocycles. The van der Waals surface area contributed by atoms with Crippen LogP contribution >= 0.6 is 0 Å². The Kier molecular flexibility index (Phi) is 4.58. The molecule has 3 aromatic rings. The van der Waals surface area contributed by atoms with Gasteiger partial charge in [0.15, 0.2) is 0 Å². The van der Waals surface area contributed by atoms with Gasteiger partial charge in [0.2, 0.25) is 0 Å². The standard InChI is InChI=1S/C19H22N2O3S/c1-14-7-9-16(10-8-14)25(23,24)21-13-15(11-12-20(2)3)19-17(21)5-4-6-18(19)22/h4-10,13,22H,11-12H2,1-3H3. The number of benzene rings is 2. The van der Waals surface area contributed by atoms with Crippen molar-refractivity contribution in [3.8, 4) is 5.75 Å². The highest BCUT2D eigenvalue weighted by Gasteiger charge is 2.22. The van der Waals surface area contributed by atoms with Gasteiger partial charge >= 0.3 is 0 Å². The van der Waals surface area contributed by atoms with E-state index < -0.39 is 10.0 Å². The third kappa shape index (κ3) is 3.27. The third-order valence-electron chi connectivity index (χ3n) is 4.26. The zero-order valence-corrected chi connectivity index (χ0v) is 15.4. The van der Waals surface area contributed by atoms with Crippen LogP contribution in [0.15, 0.2) is 53.6 Å². The highest BCUT2D eigenvalue weighted by atomic mass is 32.2. The number of rotatable bonds is 5. The Morgan fingerprint density at radius 3 is 2.40 bits per heavy atom. The van der Waals surface area contributed by atoms with Crippen LogP contribution in [0.5, 0.6) is 5.75 Å². The molecule has 0 amide bonds. The molecule has 6 heteroatoms. The topological polar surface area (TPSA) is 62.5 Å². The summed E-state index contributed by atoms with van der Waals surface area (Å²) in [5.41, 5.74) is 2.31. The first-order valence-electron chi connectivity index (χ1n) is 8.09. The van der Waals surface area contributed by atoms with Crippen LogP contribution in [0.2, 0.25) is 0 Å². The SMILES string of the molecule is Cc1ccc(S(=O)(=O)n2cc(CCN(C)C)c3c(O)cccc32)cc1. The van der Waals surface area contributed by atoms with Crippen molar-refractivity contribution >= 4 is 20.9 Å². The van der Waals surface area contributed by atoms with E-state index in [9.17, 15) is 13.5 Å². The molecule has 0 fully saturated rings. The van der Waals surface area contributed by atoms with E-state index in [2.05, 4.69) is 0 Å². The number of hydrogen-bond donors (Lipinski definition) is 1. The number of aromatic nitrogens is 1. The second-order valence-corrected chi connectivity index (χ2v) is 8.31. The van der Waals surface area contributed by atoms with Gasteiger partial charge in [-0.05, 0) is 57.3 Å². The summed E-state index contributed by atoms with van der Waals surface area (Å²) < 4.78 is 27.5. The minimum Gasteiger partial charge on any atom is -0.507 e. The number of nitrogens with zero attached hydrogens (tertiary/aromatic N) is 2. The fourth-order valence-electron chi connectivity index (χ4n) is 2.87. The number of likely N-dealkylation sites (N-methyl/N-ethyl adjacent to an activating group) is 1. The fourth-order valence-corrected chi connectivity index (χ4v) is 4.26. The first kappa shape index (κ1) is 17.5. The van der Waals surface area contributed by atoms with Crippen LogP contribution in [0, 0.1) is 6.92 Å². The highest BCUT2D eigenvalue weighted by molar-refractivity contribution is 7.90. The van der Waals surface area contributed by atoms with Gasteiger partial charge in [0, 0.05) is 18.1 Å². The van der Waals surface area contributed by atoms with Crippen LogP contribution < -0.4 is 0 Å². The van der Waals surface area contributed by atoms with Crippen molar-refractivity contribution in [3.05, 3.63) is 59.8 Å². The summed E-state index contributed by atoms with van der Waals surface area (Å²) in [5, 5.41) is 10.9. The van der Waals surface area contributed by atoms with Gasteiger partial charge in [0.1, 0.15) is 5.75 Å². The molecule has 5 nitrogen and oxygen atoms in total. The van der Waals surface area contributed by atoms with Gasteiger partial charge in [-0.25, -0.2) is 12.4 Å². The number of aromatic hydroxyl groups is 1. The van der Waals surface area contributed by atoms with Crippen molar-refractivity contribution in [1.29, 1.82) is 0 Å². The normalized spacial score (nSPS) is 12.2. The summed E-state index contributed by atoms with van der Waals surface area (Å²) in [6, 6.07) is 11.8. The van der Waals surface area contributed by atoms with Gasteiger partial charge in [-0.3, -0.25) is 0 Å². The maximum Gasteiger partial charge on any atom is 0.268 e. The zero-order chi connectivity index (χ0) is 18.2. The molecule has 132 valence electrons. The molecule has 0 radical (unpaired) electrons. The molecule has 0 aliphatic carbocycles. The first-order chi connectivity index (χ1) is 11.8. The molecule has 3 rings (SSSR count). The lowest BCUT2D eigenvalue weighted by Gasteiger charge is -2.08. The van der Waals surface area contributed by atoms with Crippen LogP contribution in [-0.4, -0.2) is 43.0 Å². The van der Waals surface area contributed by atoms with Crippen molar-refractivity contribution in [2.45, 2.75) is 18.2 Å². The predicted octanol–water partition coefficient (Wildman–Crippen LogP) is 3.00. The molecule has 0 aliphatic heterocycles. The molecule has 0 aliphatic rings. The van der Waals surface area contributed by atoms with E-state index in [1.807, 2.05) is 25.9 Å². The summed E-state index contributed by atoms with van der Waals surface area (Å²) >= 11 is 0. The maximum atomic E-state index is 13.1. The molecule has 0 saturated heterocycles. The molecule has 25 heavy (non-hydrogen) atoms. The van der Waals surface area contributed by atoms with Crippen molar-refractivity contribution < 1.29 is 13.5 Å². The summed E-state index contributed by atoms with van der Waals surface area (Å²) in [6.45, 7) is 2.68. The second kappa shape index (κ2) is 6.54. The number of phenols is 1. The maximum absolute atomic E-state index is 13.1.